The van der Waals surface area contributed by atoms with Gasteiger partial charge in [-0.2, -0.15) is 13.7 Å². The van der Waals surface area contributed by atoms with Gasteiger partial charge in [-0.25, -0.2) is 9.18 Å². The number of halogens is 1. The molecule has 1 aliphatic rings. The SMILES string of the molecule is CC#CCn1c(N2CCNCC2)nc2c1c(=O)n(Cc1cc(F)c3nsnc3c1)c(=O)n2C. The van der Waals surface area contributed by atoms with Crippen LogP contribution in [0.3, 0.4) is 0 Å². The van der Waals surface area contributed by atoms with Crippen LogP contribution in [-0.2, 0) is 20.1 Å². The Morgan fingerprint density at radius 3 is 2.73 bits per heavy atom. The third-order valence-corrected chi connectivity index (χ3v) is 6.28. The molecular formula is C21H21FN8O2S. The maximum Gasteiger partial charge on any atom is 0.332 e. The van der Waals surface area contributed by atoms with Crippen molar-refractivity contribution in [3.05, 3.63) is 44.4 Å². The predicted octanol–water partition coefficient (Wildman–Crippen LogP) is 0.522. The molecule has 4 heterocycles. The normalized spacial score (nSPS) is 14.1. The van der Waals surface area contributed by atoms with Gasteiger partial charge in [0, 0.05) is 33.2 Å². The molecule has 5 rings (SSSR count). The first-order valence-corrected chi connectivity index (χ1v) is 11.2. The summed E-state index contributed by atoms with van der Waals surface area (Å²) in [4.78, 5) is 33.5. The lowest BCUT2D eigenvalue weighted by atomic mass is 10.2. The first-order chi connectivity index (χ1) is 16.0. The molecule has 1 saturated heterocycles. The molecule has 12 heteroatoms. The Morgan fingerprint density at radius 2 is 1.97 bits per heavy atom. The Labute approximate surface area is 191 Å². The molecular weight excluding hydrogens is 447 g/mol. The van der Waals surface area contributed by atoms with E-state index in [0.29, 0.717) is 28.2 Å². The molecule has 1 aromatic carbocycles. The van der Waals surface area contributed by atoms with Crippen LogP contribution in [0.1, 0.15) is 12.5 Å². The molecule has 0 amide bonds. The van der Waals surface area contributed by atoms with E-state index >= 15 is 0 Å². The Balaban J connectivity index is 1.70. The van der Waals surface area contributed by atoms with Gasteiger partial charge in [0.05, 0.1) is 24.8 Å². The Kier molecular flexibility index (Phi) is 5.43. The topological polar surface area (TPSA) is 103 Å². The van der Waals surface area contributed by atoms with Crippen LogP contribution in [0.25, 0.3) is 22.2 Å². The largest absolute Gasteiger partial charge is 0.340 e. The number of fused-ring (bicyclic) bond motifs is 2. The zero-order chi connectivity index (χ0) is 23.1. The lowest BCUT2D eigenvalue weighted by Gasteiger charge is -2.28. The van der Waals surface area contributed by atoms with E-state index in [1.165, 1.54) is 10.6 Å². The Morgan fingerprint density at radius 1 is 1.18 bits per heavy atom. The summed E-state index contributed by atoms with van der Waals surface area (Å²) in [7, 11) is 1.58. The number of piperazine rings is 1. The number of aryl methyl sites for hydroxylation is 1. The van der Waals surface area contributed by atoms with Gasteiger partial charge in [0.25, 0.3) is 5.56 Å². The van der Waals surface area contributed by atoms with Crippen LogP contribution in [0.2, 0.25) is 0 Å². The summed E-state index contributed by atoms with van der Waals surface area (Å²) in [5.74, 6) is 5.95. The fourth-order valence-corrected chi connectivity index (χ4v) is 4.62. The highest BCUT2D eigenvalue weighted by molar-refractivity contribution is 7.00. The van der Waals surface area contributed by atoms with Crippen molar-refractivity contribution < 1.29 is 4.39 Å². The van der Waals surface area contributed by atoms with Gasteiger partial charge in [0.15, 0.2) is 17.0 Å². The molecule has 170 valence electrons. The van der Waals surface area contributed by atoms with Gasteiger partial charge in [0.1, 0.15) is 11.0 Å². The van der Waals surface area contributed by atoms with Crippen LogP contribution in [0, 0.1) is 17.7 Å². The minimum Gasteiger partial charge on any atom is -0.340 e. The van der Waals surface area contributed by atoms with Crippen molar-refractivity contribution >= 4 is 39.9 Å². The summed E-state index contributed by atoms with van der Waals surface area (Å²) in [6, 6.07) is 2.93. The van der Waals surface area contributed by atoms with E-state index in [1.54, 1.807) is 24.6 Å². The molecule has 4 aromatic rings. The summed E-state index contributed by atoms with van der Waals surface area (Å²) in [5.41, 5.74) is 0.608. The van der Waals surface area contributed by atoms with E-state index in [1.807, 2.05) is 0 Å². The van der Waals surface area contributed by atoms with Gasteiger partial charge in [0.2, 0.25) is 5.95 Å². The third kappa shape index (κ3) is 3.59. The number of rotatable bonds is 4. The number of nitrogens with one attached hydrogen (secondary N) is 1. The maximum atomic E-state index is 14.4. The van der Waals surface area contributed by atoms with Crippen LogP contribution in [0.4, 0.5) is 10.3 Å². The third-order valence-electron chi connectivity index (χ3n) is 5.74. The number of anilines is 1. The molecule has 0 aliphatic carbocycles. The van der Waals surface area contributed by atoms with Crippen molar-refractivity contribution in [2.24, 2.45) is 7.05 Å². The zero-order valence-electron chi connectivity index (χ0n) is 18.1. The summed E-state index contributed by atoms with van der Waals surface area (Å²) in [6.07, 6.45) is 0. The molecule has 0 saturated carbocycles. The number of nitrogens with zero attached hydrogens (tertiary/aromatic N) is 7. The summed E-state index contributed by atoms with van der Waals surface area (Å²) >= 11 is 0.910. The average molecular weight is 469 g/mol. The van der Waals surface area contributed by atoms with Crippen molar-refractivity contribution in [1.29, 1.82) is 0 Å². The van der Waals surface area contributed by atoms with Crippen LogP contribution in [0.15, 0.2) is 21.7 Å². The maximum absolute atomic E-state index is 14.4. The van der Waals surface area contributed by atoms with Crippen LogP contribution >= 0.6 is 11.7 Å². The summed E-state index contributed by atoms with van der Waals surface area (Å²) in [5, 5.41) is 3.30. The van der Waals surface area contributed by atoms with Crippen molar-refractivity contribution in [3.63, 3.8) is 0 Å². The lowest BCUT2D eigenvalue weighted by Crippen LogP contribution is -2.44. The van der Waals surface area contributed by atoms with Crippen molar-refractivity contribution in [2.45, 2.75) is 20.0 Å². The minimum atomic E-state index is -0.536. The molecule has 3 aromatic heterocycles. The Hall–Kier alpha value is -3.56. The van der Waals surface area contributed by atoms with E-state index in [0.717, 1.165) is 42.5 Å². The molecule has 1 fully saturated rings. The van der Waals surface area contributed by atoms with E-state index in [9.17, 15) is 14.0 Å². The molecule has 33 heavy (non-hydrogen) atoms. The van der Waals surface area contributed by atoms with Gasteiger partial charge in [-0.3, -0.25) is 18.5 Å². The molecule has 0 spiro atoms. The smallest absolute Gasteiger partial charge is 0.332 e. The second-order valence-electron chi connectivity index (χ2n) is 7.78. The number of benzene rings is 1. The first-order valence-electron chi connectivity index (χ1n) is 10.5. The quantitative estimate of drug-likeness (QED) is 0.436. The molecule has 1 N–H and O–H groups in total. The van der Waals surface area contributed by atoms with Crippen molar-refractivity contribution in [1.82, 2.24) is 32.7 Å². The van der Waals surface area contributed by atoms with Crippen LogP contribution in [-0.4, -0.2) is 53.6 Å². The van der Waals surface area contributed by atoms with E-state index in [-0.39, 0.29) is 18.6 Å². The second-order valence-corrected chi connectivity index (χ2v) is 8.30. The fourth-order valence-electron chi connectivity index (χ4n) is 4.09. The number of hydrogen-bond donors (Lipinski definition) is 1. The number of hydrogen-bond acceptors (Lipinski definition) is 8. The van der Waals surface area contributed by atoms with E-state index in [2.05, 4.69) is 35.8 Å². The van der Waals surface area contributed by atoms with Gasteiger partial charge >= 0.3 is 5.69 Å². The molecule has 1 aliphatic heterocycles. The first kappa shape index (κ1) is 21.3. The molecule has 0 bridgehead atoms. The monoisotopic (exact) mass is 468 g/mol. The molecule has 0 atom stereocenters. The average Bonchev–Trinajstić information content (AvgIpc) is 3.45. The molecule has 10 nitrogen and oxygen atoms in total. The highest BCUT2D eigenvalue weighted by atomic mass is 32.1. The number of imidazole rings is 1. The van der Waals surface area contributed by atoms with Gasteiger partial charge < -0.3 is 10.2 Å². The minimum absolute atomic E-state index is 0.0978. The zero-order valence-corrected chi connectivity index (χ0v) is 18.9. The summed E-state index contributed by atoms with van der Waals surface area (Å²) in [6.45, 7) is 4.95. The van der Waals surface area contributed by atoms with Crippen LogP contribution in [0.5, 0.6) is 0 Å². The molecule has 0 radical (unpaired) electrons. The molecule has 0 unspecified atom stereocenters. The lowest BCUT2D eigenvalue weighted by molar-refractivity contribution is 0.572. The predicted molar refractivity (Wildman–Crippen MR) is 124 cm³/mol. The standard InChI is InChI=1S/C21H21FN8O2S/c1-3-4-7-29-17-18(24-20(29)28-8-5-23-6-9-28)27(2)21(32)30(19(17)31)12-13-10-14(22)16-15(11-13)25-33-26-16/h10-11,23H,5-9,12H2,1-2H3. The number of aromatic nitrogens is 6. The summed E-state index contributed by atoms with van der Waals surface area (Å²) < 4.78 is 26.7. The van der Waals surface area contributed by atoms with Gasteiger partial charge in [-0.1, -0.05) is 5.92 Å². The highest BCUT2D eigenvalue weighted by Gasteiger charge is 2.24. The Bertz CT molecular complexity index is 1550. The van der Waals surface area contributed by atoms with Crippen molar-refractivity contribution in [2.75, 3.05) is 31.1 Å². The van der Waals surface area contributed by atoms with Crippen LogP contribution < -0.4 is 21.5 Å². The van der Waals surface area contributed by atoms with Crippen molar-refractivity contribution in [3.8, 4) is 11.8 Å². The highest BCUT2D eigenvalue weighted by Crippen LogP contribution is 2.21. The fraction of sp³-hybridized carbons (Fsp3) is 0.381. The van der Waals surface area contributed by atoms with E-state index in [4.69, 9.17) is 0 Å². The van der Waals surface area contributed by atoms with E-state index < -0.39 is 17.1 Å². The second kappa shape index (κ2) is 8.42. The van der Waals surface area contributed by atoms with Gasteiger partial charge in [-0.05, 0) is 24.6 Å². The van der Waals surface area contributed by atoms with Gasteiger partial charge in [-0.15, -0.1) is 5.92 Å².